The monoisotopic (exact) mass is 434 g/mol. The van der Waals surface area contributed by atoms with Crippen molar-refractivity contribution in [3.8, 4) is 5.69 Å². The van der Waals surface area contributed by atoms with Crippen LogP contribution in [0.15, 0.2) is 60.0 Å². The molecule has 2 aromatic carbocycles. The lowest BCUT2D eigenvalue weighted by atomic mass is 10.2. The lowest BCUT2D eigenvalue weighted by Crippen LogP contribution is -2.42. The minimum Gasteiger partial charge on any atom is -0.295 e. The topological polar surface area (TPSA) is 76.0 Å². The van der Waals surface area contributed by atoms with E-state index in [2.05, 4.69) is 15.8 Å². The number of halogens is 2. The molecule has 3 aromatic rings. The molecule has 0 bridgehead atoms. The second-order valence-electron chi connectivity index (χ2n) is 5.73. The van der Waals surface area contributed by atoms with Crippen molar-refractivity contribution < 1.29 is 9.59 Å². The third-order valence-corrected chi connectivity index (χ3v) is 5.58. The normalized spacial score (nSPS) is 10.5. The van der Waals surface area contributed by atoms with E-state index in [1.807, 2.05) is 29.7 Å². The van der Waals surface area contributed by atoms with E-state index in [0.29, 0.717) is 15.2 Å². The van der Waals surface area contributed by atoms with E-state index in [9.17, 15) is 9.59 Å². The first-order chi connectivity index (χ1) is 13.5. The molecular weight excluding hydrogens is 419 g/mol. The van der Waals surface area contributed by atoms with Crippen molar-refractivity contribution in [3.05, 3.63) is 76.0 Å². The average Bonchev–Trinajstić information content (AvgIpc) is 3.15. The van der Waals surface area contributed by atoms with Gasteiger partial charge < -0.3 is 0 Å². The molecule has 1 heterocycles. The number of carbonyl (C=O) groups excluding carboxylic acids is 2. The van der Waals surface area contributed by atoms with Gasteiger partial charge in [0, 0.05) is 17.4 Å². The van der Waals surface area contributed by atoms with E-state index in [1.165, 1.54) is 11.8 Å². The van der Waals surface area contributed by atoms with Crippen LogP contribution in [0.1, 0.15) is 15.9 Å². The quantitative estimate of drug-likeness (QED) is 0.469. The maximum atomic E-state index is 12.1. The molecule has 0 aliphatic rings. The fourth-order valence-corrected chi connectivity index (χ4v) is 3.60. The number of aromatic nitrogens is 2. The molecule has 0 saturated heterocycles. The number of hydrogen-bond acceptors (Lipinski definition) is 4. The first-order valence-corrected chi connectivity index (χ1v) is 9.97. The first kappa shape index (κ1) is 20.3. The number of rotatable bonds is 5. The Morgan fingerprint density at radius 2 is 1.82 bits per heavy atom. The third-order valence-electron chi connectivity index (χ3n) is 3.87. The van der Waals surface area contributed by atoms with Gasteiger partial charge in [-0.3, -0.25) is 25.0 Å². The van der Waals surface area contributed by atoms with Crippen LogP contribution in [0, 0.1) is 6.92 Å². The van der Waals surface area contributed by atoms with Crippen molar-refractivity contribution in [2.24, 2.45) is 0 Å². The predicted molar refractivity (Wildman–Crippen MR) is 111 cm³/mol. The number of carbonyl (C=O) groups is 2. The van der Waals surface area contributed by atoms with Gasteiger partial charge in [-0.1, -0.05) is 53.2 Å². The van der Waals surface area contributed by atoms with Gasteiger partial charge in [-0.25, -0.2) is 4.98 Å². The number of hydrazine groups is 1. The van der Waals surface area contributed by atoms with Crippen molar-refractivity contribution in [1.82, 2.24) is 20.4 Å². The summed E-state index contributed by atoms with van der Waals surface area (Å²) in [5.41, 5.74) is 6.81. The van der Waals surface area contributed by atoms with E-state index in [4.69, 9.17) is 23.2 Å². The molecule has 2 N–H and O–H groups in total. The maximum Gasteiger partial charge on any atom is 0.271 e. The molecule has 9 heteroatoms. The Morgan fingerprint density at radius 3 is 2.61 bits per heavy atom. The van der Waals surface area contributed by atoms with Crippen molar-refractivity contribution in [1.29, 1.82) is 0 Å². The van der Waals surface area contributed by atoms with Gasteiger partial charge in [0.15, 0.2) is 5.16 Å². The van der Waals surface area contributed by atoms with Crippen LogP contribution in [0.2, 0.25) is 10.0 Å². The number of hydrogen-bond donors (Lipinski definition) is 2. The molecule has 2 amide bonds. The Balaban J connectivity index is 1.59. The summed E-state index contributed by atoms with van der Waals surface area (Å²) in [5.74, 6) is -0.790. The Kier molecular flexibility index (Phi) is 6.61. The molecule has 0 aliphatic heterocycles. The van der Waals surface area contributed by atoms with Gasteiger partial charge in [-0.2, -0.15) is 0 Å². The summed E-state index contributed by atoms with van der Waals surface area (Å²) < 4.78 is 1.86. The molecule has 0 aliphatic carbocycles. The summed E-state index contributed by atoms with van der Waals surface area (Å²) in [4.78, 5) is 28.4. The van der Waals surface area contributed by atoms with Crippen LogP contribution < -0.4 is 10.9 Å². The maximum absolute atomic E-state index is 12.1. The van der Waals surface area contributed by atoms with Crippen LogP contribution in [0.5, 0.6) is 0 Å². The zero-order chi connectivity index (χ0) is 20.1. The molecule has 0 saturated carbocycles. The minimum atomic E-state index is -0.486. The smallest absolute Gasteiger partial charge is 0.271 e. The van der Waals surface area contributed by atoms with E-state index in [0.717, 1.165) is 11.3 Å². The summed E-state index contributed by atoms with van der Waals surface area (Å²) in [6.45, 7) is 1.92. The lowest BCUT2D eigenvalue weighted by molar-refractivity contribution is -0.119. The van der Waals surface area contributed by atoms with E-state index in [1.54, 1.807) is 36.7 Å². The molecule has 0 atom stereocenters. The number of imidazole rings is 1. The lowest BCUT2D eigenvalue weighted by Gasteiger charge is -2.12. The van der Waals surface area contributed by atoms with E-state index >= 15 is 0 Å². The van der Waals surface area contributed by atoms with Crippen molar-refractivity contribution >= 4 is 46.8 Å². The van der Waals surface area contributed by atoms with Gasteiger partial charge in [-0.15, -0.1) is 0 Å². The number of amides is 2. The first-order valence-electron chi connectivity index (χ1n) is 8.22. The van der Waals surface area contributed by atoms with Gasteiger partial charge in [0.2, 0.25) is 5.91 Å². The number of benzene rings is 2. The van der Waals surface area contributed by atoms with Crippen LogP contribution in [0.25, 0.3) is 5.69 Å². The highest BCUT2D eigenvalue weighted by molar-refractivity contribution is 7.99. The van der Waals surface area contributed by atoms with Crippen LogP contribution >= 0.6 is 35.0 Å². The predicted octanol–water partition coefficient (Wildman–Crippen LogP) is 4.04. The average molecular weight is 435 g/mol. The van der Waals surface area contributed by atoms with Crippen molar-refractivity contribution in [2.75, 3.05) is 5.75 Å². The molecule has 144 valence electrons. The number of nitrogens with one attached hydrogen (secondary N) is 2. The highest BCUT2D eigenvalue weighted by atomic mass is 35.5. The fraction of sp³-hybridized carbons (Fsp3) is 0.105. The summed E-state index contributed by atoms with van der Waals surface area (Å²) >= 11 is 13.4. The standard InChI is InChI=1S/C19H16Cl2N4O2S/c1-12-14(20)7-4-8-16(12)25-10-9-22-19(25)28-11-17(26)23-24-18(27)13-5-2-3-6-15(13)21/h2-10H,11H2,1H3,(H,23,26)(H,24,27). The van der Waals surface area contributed by atoms with Crippen molar-refractivity contribution in [3.63, 3.8) is 0 Å². The van der Waals surface area contributed by atoms with Gasteiger partial charge in [-0.05, 0) is 36.8 Å². The Hall–Kier alpha value is -2.48. The Bertz CT molecular complexity index is 1020. The van der Waals surface area contributed by atoms with Crippen molar-refractivity contribution in [2.45, 2.75) is 12.1 Å². The Labute approximate surface area is 176 Å². The van der Waals surface area contributed by atoms with Crippen LogP contribution in [-0.2, 0) is 4.79 Å². The zero-order valence-electron chi connectivity index (χ0n) is 14.8. The number of nitrogens with zero attached hydrogens (tertiary/aromatic N) is 2. The number of thioether (sulfide) groups is 1. The van der Waals surface area contributed by atoms with Gasteiger partial charge in [0.1, 0.15) is 0 Å². The van der Waals surface area contributed by atoms with Crippen LogP contribution in [-0.4, -0.2) is 27.1 Å². The molecule has 0 fully saturated rings. The van der Waals surface area contributed by atoms with Crippen LogP contribution in [0.3, 0.4) is 0 Å². The Morgan fingerprint density at radius 1 is 1.07 bits per heavy atom. The van der Waals surface area contributed by atoms with Gasteiger partial charge >= 0.3 is 0 Å². The highest BCUT2D eigenvalue weighted by Crippen LogP contribution is 2.26. The molecular formula is C19H16Cl2N4O2S. The molecule has 0 spiro atoms. The SMILES string of the molecule is Cc1c(Cl)cccc1-n1ccnc1SCC(=O)NNC(=O)c1ccccc1Cl. The van der Waals surface area contributed by atoms with E-state index in [-0.39, 0.29) is 17.2 Å². The molecule has 1 aromatic heterocycles. The second-order valence-corrected chi connectivity index (χ2v) is 7.49. The largest absolute Gasteiger partial charge is 0.295 e. The molecule has 3 rings (SSSR count). The zero-order valence-corrected chi connectivity index (χ0v) is 17.1. The summed E-state index contributed by atoms with van der Waals surface area (Å²) in [5, 5.41) is 1.60. The highest BCUT2D eigenvalue weighted by Gasteiger charge is 2.13. The molecule has 6 nitrogen and oxygen atoms in total. The third kappa shape index (κ3) is 4.67. The molecule has 0 radical (unpaired) electrons. The minimum absolute atomic E-state index is 0.0689. The second kappa shape index (κ2) is 9.14. The molecule has 0 unspecified atom stereocenters. The van der Waals surface area contributed by atoms with Crippen LogP contribution in [0.4, 0.5) is 0 Å². The van der Waals surface area contributed by atoms with Gasteiger partial charge in [0.25, 0.3) is 5.91 Å². The van der Waals surface area contributed by atoms with Gasteiger partial charge in [0.05, 0.1) is 22.0 Å². The molecule has 28 heavy (non-hydrogen) atoms. The fourth-order valence-electron chi connectivity index (χ4n) is 2.44. The summed E-state index contributed by atoms with van der Waals surface area (Å²) in [7, 11) is 0. The summed E-state index contributed by atoms with van der Waals surface area (Å²) in [6.07, 6.45) is 3.46. The van der Waals surface area contributed by atoms with E-state index < -0.39 is 5.91 Å². The summed E-state index contributed by atoms with van der Waals surface area (Å²) in [6, 6.07) is 12.2.